The summed E-state index contributed by atoms with van der Waals surface area (Å²) in [6.07, 6.45) is 4.70. The zero-order chi connectivity index (χ0) is 19.1. The molecule has 0 aromatic heterocycles. The fraction of sp³-hybridized carbons (Fsp3) is 0.458. The first-order valence-electron chi connectivity index (χ1n) is 9.97. The van der Waals surface area contributed by atoms with Crippen LogP contribution < -0.4 is 4.74 Å². The van der Waals surface area contributed by atoms with E-state index in [1.54, 1.807) is 0 Å². The molecule has 0 heterocycles. The van der Waals surface area contributed by atoms with Crippen LogP contribution in [0.25, 0.3) is 0 Å². The maximum Gasteiger partial charge on any atom is 0.309 e. The number of carboxylic acid groups (broad SMARTS) is 1. The summed E-state index contributed by atoms with van der Waals surface area (Å²) >= 11 is 0. The summed E-state index contributed by atoms with van der Waals surface area (Å²) in [4.78, 5) is 12.1. The molecule has 1 saturated carbocycles. The minimum atomic E-state index is -0.640. The van der Waals surface area contributed by atoms with Gasteiger partial charge in [-0.15, -0.1) is 0 Å². The molecule has 3 atom stereocenters. The fourth-order valence-corrected chi connectivity index (χ4v) is 5.53. The predicted molar refractivity (Wildman–Crippen MR) is 106 cm³/mol. The molecule has 0 spiro atoms. The van der Waals surface area contributed by atoms with Gasteiger partial charge in [0.2, 0.25) is 0 Å². The maximum absolute atomic E-state index is 12.1. The molecule has 0 radical (unpaired) electrons. The van der Waals surface area contributed by atoms with Crippen molar-refractivity contribution in [2.45, 2.75) is 58.0 Å². The molecule has 2 aliphatic rings. The van der Waals surface area contributed by atoms with Crippen molar-refractivity contribution in [2.24, 2.45) is 11.3 Å². The molecule has 0 saturated heterocycles. The van der Waals surface area contributed by atoms with Gasteiger partial charge in [-0.2, -0.15) is 0 Å². The summed E-state index contributed by atoms with van der Waals surface area (Å²) in [6.45, 7) is 4.78. The Morgan fingerprint density at radius 2 is 1.93 bits per heavy atom. The molecule has 142 valence electrons. The summed E-state index contributed by atoms with van der Waals surface area (Å²) in [5.41, 5.74) is 3.08. The fourth-order valence-electron chi connectivity index (χ4n) is 5.53. The third-order valence-electron chi connectivity index (χ3n) is 7.07. The zero-order valence-electron chi connectivity index (χ0n) is 16.2. The van der Waals surface area contributed by atoms with E-state index in [0.717, 1.165) is 43.4 Å². The lowest BCUT2D eigenvalue weighted by Crippen LogP contribution is -2.52. The van der Waals surface area contributed by atoms with Crippen molar-refractivity contribution in [1.82, 2.24) is 0 Å². The molecule has 1 fully saturated rings. The molecule has 0 amide bonds. The number of aliphatic carboxylic acids is 1. The average molecular weight is 364 g/mol. The lowest BCUT2D eigenvalue weighted by molar-refractivity contribution is -0.157. The molecule has 2 aromatic rings. The molecule has 0 aliphatic heterocycles. The van der Waals surface area contributed by atoms with Gasteiger partial charge in [-0.1, -0.05) is 49.7 Å². The highest BCUT2D eigenvalue weighted by molar-refractivity contribution is 5.75. The van der Waals surface area contributed by atoms with E-state index in [2.05, 4.69) is 37.3 Å². The first kappa shape index (κ1) is 18.1. The van der Waals surface area contributed by atoms with Gasteiger partial charge in [-0.3, -0.25) is 4.79 Å². The first-order valence-corrected chi connectivity index (χ1v) is 9.97. The third-order valence-corrected chi connectivity index (χ3v) is 7.07. The van der Waals surface area contributed by atoms with Gasteiger partial charge < -0.3 is 9.84 Å². The van der Waals surface area contributed by atoms with E-state index in [1.807, 2.05) is 25.1 Å². The highest BCUT2D eigenvalue weighted by atomic mass is 16.5. The molecule has 4 rings (SSSR count). The van der Waals surface area contributed by atoms with Gasteiger partial charge in [-0.05, 0) is 72.8 Å². The number of rotatable bonds is 4. The van der Waals surface area contributed by atoms with Gasteiger partial charge in [0.25, 0.3) is 0 Å². The Bertz CT molecular complexity index is 844. The van der Waals surface area contributed by atoms with Crippen molar-refractivity contribution in [3.05, 3.63) is 65.2 Å². The van der Waals surface area contributed by atoms with Crippen LogP contribution in [-0.4, -0.2) is 11.1 Å². The Morgan fingerprint density at radius 3 is 2.67 bits per heavy atom. The summed E-state index contributed by atoms with van der Waals surface area (Å²) in [5, 5.41) is 9.94. The van der Waals surface area contributed by atoms with Crippen molar-refractivity contribution in [3.63, 3.8) is 0 Å². The van der Waals surface area contributed by atoms with Crippen molar-refractivity contribution in [2.75, 3.05) is 0 Å². The average Bonchev–Trinajstić information content (AvgIpc) is 2.67. The molecule has 27 heavy (non-hydrogen) atoms. The molecule has 3 heteroatoms. The van der Waals surface area contributed by atoms with Gasteiger partial charge >= 0.3 is 5.97 Å². The smallest absolute Gasteiger partial charge is 0.309 e. The second-order valence-corrected chi connectivity index (χ2v) is 8.68. The third kappa shape index (κ3) is 3.03. The van der Waals surface area contributed by atoms with Crippen LogP contribution in [0.1, 0.15) is 56.2 Å². The van der Waals surface area contributed by atoms with Gasteiger partial charge in [-0.25, -0.2) is 0 Å². The Morgan fingerprint density at radius 1 is 1.15 bits per heavy atom. The molecule has 0 unspecified atom stereocenters. The van der Waals surface area contributed by atoms with Crippen molar-refractivity contribution in [3.8, 4) is 5.75 Å². The molecule has 1 N–H and O–H groups in total. The number of fused-ring (bicyclic) bond motifs is 3. The van der Waals surface area contributed by atoms with Crippen LogP contribution in [0.2, 0.25) is 0 Å². The number of ether oxygens (including phenoxy) is 1. The maximum atomic E-state index is 12.1. The normalized spacial score (nSPS) is 29.5. The van der Waals surface area contributed by atoms with E-state index in [0.29, 0.717) is 6.61 Å². The second-order valence-electron chi connectivity index (χ2n) is 8.68. The van der Waals surface area contributed by atoms with Gasteiger partial charge in [0.1, 0.15) is 12.4 Å². The summed E-state index contributed by atoms with van der Waals surface area (Å²) < 4.78 is 6.07. The number of aryl methyl sites for hydroxylation is 1. The molecule has 2 aromatic carbocycles. The van der Waals surface area contributed by atoms with E-state index in [4.69, 9.17) is 4.74 Å². The number of hydrogen-bond donors (Lipinski definition) is 1. The molecule has 3 nitrogen and oxygen atoms in total. The van der Waals surface area contributed by atoms with Crippen LogP contribution in [0.15, 0.2) is 48.5 Å². The number of benzene rings is 2. The van der Waals surface area contributed by atoms with Crippen LogP contribution in [0.4, 0.5) is 0 Å². The Balaban J connectivity index is 1.64. The summed E-state index contributed by atoms with van der Waals surface area (Å²) in [6, 6.07) is 16.6. The van der Waals surface area contributed by atoms with Crippen molar-refractivity contribution in [1.29, 1.82) is 0 Å². The number of carboxylic acids is 1. The van der Waals surface area contributed by atoms with Crippen LogP contribution in [0.3, 0.4) is 0 Å². The summed E-state index contributed by atoms with van der Waals surface area (Å²) in [7, 11) is 0. The standard InChI is InChI=1S/C24H28O3/c1-23-13-6-14-24(2,22(25)26)21(23)12-10-18-9-11-19(15-20(18)23)27-16-17-7-4-3-5-8-17/h3-5,7-9,11,15,21H,6,10,12-14,16H2,1-2H3,(H,25,26)/t21-,23-,24-/m1/s1. The van der Waals surface area contributed by atoms with Crippen molar-refractivity contribution >= 4 is 5.97 Å². The molecular weight excluding hydrogens is 336 g/mol. The quantitative estimate of drug-likeness (QED) is 0.794. The molecule has 2 aliphatic carbocycles. The van der Waals surface area contributed by atoms with E-state index in [9.17, 15) is 9.90 Å². The second kappa shape index (κ2) is 6.70. The minimum Gasteiger partial charge on any atom is -0.489 e. The number of carbonyl (C=O) groups is 1. The monoisotopic (exact) mass is 364 g/mol. The Hall–Kier alpha value is -2.29. The zero-order valence-corrected chi connectivity index (χ0v) is 16.2. The van der Waals surface area contributed by atoms with E-state index < -0.39 is 11.4 Å². The molecular formula is C24H28O3. The van der Waals surface area contributed by atoms with Crippen LogP contribution in [-0.2, 0) is 23.2 Å². The topological polar surface area (TPSA) is 46.5 Å². The highest BCUT2D eigenvalue weighted by Crippen LogP contribution is 2.57. The van der Waals surface area contributed by atoms with Crippen molar-refractivity contribution < 1.29 is 14.6 Å². The van der Waals surface area contributed by atoms with Gasteiger partial charge in [0.15, 0.2) is 0 Å². The van der Waals surface area contributed by atoms with Crippen LogP contribution in [0, 0.1) is 11.3 Å². The van der Waals surface area contributed by atoms with E-state index in [1.165, 1.54) is 11.1 Å². The summed E-state index contributed by atoms with van der Waals surface area (Å²) in [5.74, 6) is 0.411. The van der Waals surface area contributed by atoms with Crippen LogP contribution >= 0.6 is 0 Å². The highest BCUT2D eigenvalue weighted by Gasteiger charge is 2.55. The van der Waals surface area contributed by atoms with E-state index >= 15 is 0 Å². The largest absolute Gasteiger partial charge is 0.489 e. The minimum absolute atomic E-state index is 0.0922. The van der Waals surface area contributed by atoms with Crippen LogP contribution in [0.5, 0.6) is 5.75 Å². The lowest BCUT2D eigenvalue weighted by atomic mass is 9.50. The predicted octanol–water partition coefficient (Wildman–Crippen LogP) is 5.36. The molecule has 0 bridgehead atoms. The van der Waals surface area contributed by atoms with Gasteiger partial charge in [0, 0.05) is 0 Å². The Labute approximate surface area is 161 Å². The lowest BCUT2D eigenvalue weighted by Gasteiger charge is -2.53. The SMILES string of the molecule is C[C@@]1(C(=O)O)CCC[C@]2(C)c3cc(OCc4ccccc4)ccc3CC[C@@H]12. The number of hydrogen-bond acceptors (Lipinski definition) is 2. The van der Waals surface area contributed by atoms with Gasteiger partial charge in [0.05, 0.1) is 5.41 Å². The first-order chi connectivity index (χ1) is 12.9. The van der Waals surface area contributed by atoms with E-state index in [-0.39, 0.29) is 11.3 Å². The Kier molecular flexibility index (Phi) is 4.49.